The van der Waals surface area contributed by atoms with Crippen LogP contribution >= 0.6 is 11.5 Å². The molecule has 0 amide bonds. The predicted molar refractivity (Wildman–Crippen MR) is 68.2 cm³/mol. The molecule has 2 heterocycles. The number of aromatic nitrogens is 2. The molecule has 1 aliphatic rings. The molecule has 1 fully saturated rings. The lowest BCUT2D eigenvalue weighted by molar-refractivity contribution is 0.465. The Morgan fingerprint density at radius 1 is 1.50 bits per heavy atom. The van der Waals surface area contributed by atoms with E-state index >= 15 is 0 Å². The third-order valence-corrected chi connectivity index (χ3v) is 3.79. The summed E-state index contributed by atoms with van der Waals surface area (Å²) < 4.78 is 4.42. The highest BCUT2D eigenvalue weighted by molar-refractivity contribution is 7.09. The Labute approximate surface area is 101 Å². The maximum absolute atomic E-state index is 4.63. The summed E-state index contributed by atoms with van der Waals surface area (Å²) >= 11 is 1.55. The first kappa shape index (κ1) is 11.8. The summed E-state index contributed by atoms with van der Waals surface area (Å²) in [5.74, 6) is 1.01. The SMILES string of the molecule is CCCc1nsc(N2CCNCC2CC)n1. The van der Waals surface area contributed by atoms with E-state index < -0.39 is 0 Å². The fourth-order valence-corrected chi connectivity index (χ4v) is 2.87. The van der Waals surface area contributed by atoms with E-state index in [0.29, 0.717) is 6.04 Å². The molecule has 0 bridgehead atoms. The van der Waals surface area contributed by atoms with E-state index in [1.165, 1.54) is 0 Å². The summed E-state index contributed by atoms with van der Waals surface area (Å²) in [7, 11) is 0. The minimum absolute atomic E-state index is 0.580. The van der Waals surface area contributed by atoms with Crippen molar-refractivity contribution in [1.29, 1.82) is 0 Å². The Morgan fingerprint density at radius 2 is 2.38 bits per heavy atom. The van der Waals surface area contributed by atoms with Gasteiger partial charge in [0.25, 0.3) is 0 Å². The predicted octanol–water partition coefficient (Wildman–Crippen LogP) is 1.68. The van der Waals surface area contributed by atoms with Gasteiger partial charge in [-0.3, -0.25) is 0 Å². The van der Waals surface area contributed by atoms with E-state index in [-0.39, 0.29) is 0 Å². The highest BCUT2D eigenvalue weighted by Crippen LogP contribution is 2.22. The van der Waals surface area contributed by atoms with Crippen molar-refractivity contribution >= 4 is 16.7 Å². The standard InChI is InChI=1S/C11H20N4S/c1-3-5-10-13-11(16-14-10)15-7-6-12-8-9(15)4-2/h9,12H,3-8H2,1-2H3. The lowest BCUT2D eigenvalue weighted by atomic mass is 10.1. The van der Waals surface area contributed by atoms with Crippen molar-refractivity contribution in [3.8, 4) is 0 Å². The highest BCUT2D eigenvalue weighted by atomic mass is 32.1. The number of rotatable bonds is 4. The van der Waals surface area contributed by atoms with Gasteiger partial charge in [0.15, 0.2) is 0 Å². The largest absolute Gasteiger partial charge is 0.341 e. The molecule has 0 saturated carbocycles. The van der Waals surface area contributed by atoms with Gasteiger partial charge < -0.3 is 10.2 Å². The van der Waals surface area contributed by atoms with Gasteiger partial charge in [-0.2, -0.15) is 4.37 Å². The number of hydrogen-bond acceptors (Lipinski definition) is 5. The normalized spacial score (nSPS) is 21.4. The summed E-state index contributed by atoms with van der Waals surface area (Å²) in [5.41, 5.74) is 0. The van der Waals surface area contributed by atoms with Gasteiger partial charge in [-0.15, -0.1) is 0 Å². The molecule has 1 aliphatic heterocycles. The van der Waals surface area contributed by atoms with Gasteiger partial charge in [-0.25, -0.2) is 4.98 Å². The summed E-state index contributed by atoms with van der Waals surface area (Å²) in [6.45, 7) is 7.58. The zero-order valence-corrected chi connectivity index (χ0v) is 10.9. The second-order valence-corrected chi connectivity index (χ2v) is 4.93. The molecule has 1 saturated heterocycles. The maximum atomic E-state index is 4.63. The van der Waals surface area contributed by atoms with Crippen LogP contribution in [0.3, 0.4) is 0 Å². The van der Waals surface area contributed by atoms with Crippen LogP contribution in [0.4, 0.5) is 5.13 Å². The monoisotopic (exact) mass is 240 g/mol. The third kappa shape index (κ3) is 2.52. The van der Waals surface area contributed by atoms with Gasteiger partial charge in [0, 0.05) is 43.6 Å². The third-order valence-electron chi connectivity index (χ3n) is 3.00. The van der Waals surface area contributed by atoms with Gasteiger partial charge >= 0.3 is 0 Å². The average Bonchev–Trinajstić information content (AvgIpc) is 2.78. The van der Waals surface area contributed by atoms with E-state index in [9.17, 15) is 0 Å². The topological polar surface area (TPSA) is 41.1 Å². The molecule has 1 aromatic rings. The fraction of sp³-hybridized carbons (Fsp3) is 0.818. The maximum Gasteiger partial charge on any atom is 0.205 e. The Morgan fingerprint density at radius 3 is 3.12 bits per heavy atom. The molecule has 2 rings (SSSR count). The fourth-order valence-electron chi connectivity index (χ4n) is 2.06. The Kier molecular flexibility index (Phi) is 4.12. The minimum Gasteiger partial charge on any atom is -0.341 e. The van der Waals surface area contributed by atoms with Crippen molar-refractivity contribution in [2.45, 2.75) is 39.2 Å². The lowest BCUT2D eigenvalue weighted by Crippen LogP contribution is -2.51. The van der Waals surface area contributed by atoms with Crippen LogP contribution < -0.4 is 10.2 Å². The number of hydrogen-bond donors (Lipinski definition) is 1. The molecule has 1 aromatic heterocycles. The number of aryl methyl sites for hydroxylation is 1. The van der Waals surface area contributed by atoms with Gasteiger partial charge in [0.1, 0.15) is 5.82 Å². The molecule has 90 valence electrons. The smallest absolute Gasteiger partial charge is 0.205 e. The Balaban J connectivity index is 2.08. The second kappa shape index (κ2) is 5.59. The Bertz CT molecular complexity index is 326. The molecule has 0 aromatic carbocycles. The zero-order valence-electron chi connectivity index (χ0n) is 10.1. The van der Waals surface area contributed by atoms with E-state index in [4.69, 9.17) is 0 Å². The first-order valence-corrected chi connectivity index (χ1v) is 6.92. The van der Waals surface area contributed by atoms with Crippen molar-refractivity contribution in [1.82, 2.24) is 14.7 Å². The van der Waals surface area contributed by atoms with Crippen LogP contribution in [0.25, 0.3) is 0 Å². The van der Waals surface area contributed by atoms with Crippen molar-refractivity contribution < 1.29 is 0 Å². The number of nitrogens with one attached hydrogen (secondary N) is 1. The molecule has 5 heteroatoms. The second-order valence-electron chi connectivity index (χ2n) is 4.20. The first-order valence-electron chi connectivity index (χ1n) is 6.15. The molecule has 16 heavy (non-hydrogen) atoms. The van der Waals surface area contributed by atoms with Crippen LogP contribution in [0, 0.1) is 0 Å². The van der Waals surface area contributed by atoms with Crippen molar-refractivity contribution in [2.24, 2.45) is 0 Å². The van der Waals surface area contributed by atoms with E-state index in [0.717, 1.165) is 49.9 Å². The first-order chi connectivity index (χ1) is 7.85. The van der Waals surface area contributed by atoms with Crippen LogP contribution in [-0.4, -0.2) is 35.0 Å². The lowest BCUT2D eigenvalue weighted by Gasteiger charge is -2.35. The van der Waals surface area contributed by atoms with Crippen LogP contribution in [0.15, 0.2) is 0 Å². The molecule has 4 nitrogen and oxygen atoms in total. The van der Waals surface area contributed by atoms with Crippen LogP contribution in [0.5, 0.6) is 0 Å². The number of anilines is 1. The zero-order chi connectivity index (χ0) is 11.4. The van der Waals surface area contributed by atoms with E-state index in [1.807, 2.05) is 0 Å². The summed E-state index contributed by atoms with van der Waals surface area (Å²) in [4.78, 5) is 7.04. The van der Waals surface area contributed by atoms with Gasteiger partial charge in [-0.05, 0) is 12.8 Å². The molecule has 0 spiro atoms. The van der Waals surface area contributed by atoms with Crippen LogP contribution in [0.2, 0.25) is 0 Å². The van der Waals surface area contributed by atoms with Crippen molar-refractivity contribution in [3.05, 3.63) is 5.82 Å². The summed E-state index contributed by atoms with van der Waals surface area (Å²) in [6, 6.07) is 0.580. The molecule has 0 aliphatic carbocycles. The van der Waals surface area contributed by atoms with Crippen molar-refractivity contribution in [3.63, 3.8) is 0 Å². The molecule has 1 unspecified atom stereocenters. The van der Waals surface area contributed by atoms with E-state index in [1.54, 1.807) is 11.5 Å². The average molecular weight is 240 g/mol. The molecule has 0 radical (unpaired) electrons. The van der Waals surface area contributed by atoms with Crippen LogP contribution in [-0.2, 0) is 6.42 Å². The summed E-state index contributed by atoms with van der Waals surface area (Å²) in [5, 5.41) is 4.54. The van der Waals surface area contributed by atoms with Gasteiger partial charge in [-0.1, -0.05) is 13.8 Å². The van der Waals surface area contributed by atoms with Crippen molar-refractivity contribution in [2.75, 3.05) is 24.5 Å². The Hall–Kier alpha value is -0.680. The number of piperazine rings is 1. The van der Waals surface area contributed by atoms with Crippen LogP contribution in [0.1, 0.15) is 32.5 Å². The summed E-state index contributed by atoms with van der Waals surface area (Å²) in [6.07, 6.45) is 3.28. The number of nitrogens with zero attached hydrogens (tertiary/aromatic N) is 3. The molecule has 1 atom stereocenters. The molecular formula is C11H20N4S. The molecule has 1 N–H and O–H groups in total. The quantitative estimate of drug-likeness (QED) is 0.869. The van der Waals surface area contributed by atoms with Gasteiger partial charge in [0.2, 0.25) is 5.13 Å². The van der Waals surface area contributed by atoms with E-state index in [2.05, 4.69) is 33.4 Å². The highest BCUT2D eigenvalue weighted by Gasteiger charge is 2.23. The molecular weight excluding hydrogens is 220 g/mol. The minimum atomic E-state index is 0.580. The van der Waals surface area contributed by atoms with Gasteiger partial charge in [0.05, 0.1) is 0 Å².